The van der Waals surface area contributed by atoms with E-state index in [-0.39, 0.29) is 18.4 Å². The molecule has 296 valence electrons. The van der Waals surface area contributed by atoms with Gasteiger partial charge in [-0.05, 0) is 31.0 Å². The fraction of sp³-hybridized carbons (Fsp3) is 0.750. The van der Waals surface area contributed by atoms with E-state index in [1.54, 1.807) is 14.2 Å². The summed E-state index contributed by atoms with van der Waals surface area (Å²) in [5, 5.41) is 11.1. The van der Waals surface area contributed by atoms with Crippen LogP contribution in [0, 0.1) is 0 Å². The number of nitrogens with zero attached hydrogens (tertiary/aromatic N) is 4. The van der Waals surface area contributed by atoms with E-state index in [0.717, 1.165) is 55.5 Å². The molecule has 16 heteroatoms. The average molecular weight is 775 g/mol. The minimum absolute atomic E-state index is 0. The number of piperidine rings is 1. The normalized spacial score (nSPS) is 19.4. The lowest BCUT2D eigenvalue weighted by Crippen LogP contribution is -3.00. The van der Waals surface area contributed by atoms with Crippen LogP contribution in [0.4, 0.5) is 23.5 Å². The number of anilines is 4. The van der Waals surface area contributed by atoms with E-state index in [2.05, 4.69) is 23.0 Å². The van der Waals surface area contributed by atoms with Gasteiger partial charge in [0.2, 0.25) is 17.8 Å². The van der Waals surface area contributed by atoms with Crippen LogP contribution in [0.2, 0.25) is 5.02 Å². The van der Waals surface area contributed by atoms with Gasteiger partial charge in [-0.3, -0.25) is 0 Å². The number of ether oxygens (including phenoxy) is 7. The molecule has 3 N–H and O–H groups in total. The van der Waals surface area contributed by atoms with Crippen molar-refractivity contribution in [3.63, 3.8) is 0 Å². The standard InChI is InChI=1S/C36H61ClN7O7.ClH/c1-44(16-17-47-20-21-49-24-25-51-27-26-50-23-22-48-19-18-45-2)14-12-30(13-15-44)39-35-41-34(38-29-8-6-4-5-7-9-29)42-36(43-35)40-31-10-11-33(46-3)32(37)28-31;/h10-11,28-30H,4-9,12-27H2,1-3H3,(H3,38,39,40,41,42,43);1H/q+1;/p-1. The van der Waals surface area contributed by atoms with Crippen LogP contribution in [-0.2, 0) is 28.4 Å². The minimum Gasteiger partial charge on any atom is -1.00 e. The molecule has 1 aliphatic heterocycles. The van der Waals surface area contributed by atoms with Gasteiger partial charge < -0.3 is 66.0 Å². The highest BCUT2D eigenvalue weighted by Gasteiger charge is 2.30. The lowest BCUT2D eigenvalue weighted by molar-refractivity contribution is -0.914. The van der Waals surface area contributed by atoms with Crippen molar-refractivity contribution in [1.82, 2.24) is 15.0 Å². The molecule has 0 bridgehead atoms. The van der Waals surface area contributed by atoms with Crippen LogP contribution < -0.4 is 33.1 Å². The number of aromatic nitrogens is 3. The molecule has 0 radical (unpaired) electrons. The van der Waals surface area contributed by atoms with Crippen molar-refractivity contribution in [2.24, 2.45) is 0 Å². The fourth-order valence-electron chi connectivity index (χ4n) is 6.19. The van der Waals surface area contributed by atoms with Crippen molar-refractivity contribution in [2.75, 3.05) is 130 Å². The first-order chi connectivity index (χ1) is 25.0. The maximum atomic E-state index is 6.39. The van der Waals surface area contributed by atoms with Gasteiger partial charge in [0.25, 0.3) is 0 Å². The summed E-state index contributed by atoms with van der Waals surface area (Å²) in [6.07, 6.45) is 9.30. The van der Waals surface area contributed by atoms with Crippen molar-refractivity contribution in [1.29, 1.82) is 0 Å². The van der Waals surface area contributed by atoms with Crippen LogP contribution >= 0.6 is 11.6 Å². The second-order valence-electron chi connectivity index (χ2n) is 13.4. The molecule has 0 amide bonds. The lowest BCUT2D eigenvalue weighted by atomic mass is 10.0. The predicted octanol–water partition coefficient (Wildman–Crippen LogP) is 2.17. The number of hydrogen-bond acceptors (Lipinski definition) is 13. The van der Waals surface area contributed by atoms with E-state index in [1.807, 2.05) is 18.2 Å². The van der Waals surface area contributed by atoms with E-state index < -0.39 is 0 Å². The molecule has 14 nitrogen and oxygen atoms in total. The van der Waals surface area contributed by atoms with Gasteiger partial charge in [-0.15, -0.1) is 0 Å². The molecule has 0 atom stereocenters. The molecule has 2 fully saturated rings. The second kappa shape index (κ2) is 25.7. The Morgan fingerprint density at radius 2 is 1.13 bits per heavy atom. The molecular weight excluding hydrogens is 713 g/mol. The first-order valence-corrected chi connectivity index (χ1v) is 18.9. The molecule has 1 saturated carbocycles. The van der Waals surface area contributed by atoms with Crippen molar-refractivity contribution >= 4 is 35.1 Å². The SMILES string of the molecule is COCCOCCOCCOCCOCCOCC[N+]1(C)CCC(Nc2nc(Nc3ccc(OC)c(Cl)c3)nc(NC3CCCCCC3)n2)CC1.[Cl-]. The molecule has 1 aromatic carbocycles. The largest absolute Gasteiger partial charge is 1.00 e. The number of halogens is 2. The van der Waals surface area contributed by atoms with Crippen molar-refractivity contribution in [2.45, 2.75) is 63.5 Å². The summed E-state index contributed by atoms with van der Waals surface area (Å²) in [7, 11) is 5.57. The van der Waals surface area contributed by atoms with Gasteiger partial charge in [0.1, 0.15) is 12.3 Å². The molecule has 0 spiro atoms. The Labute approximate surface area is 321 Å². The average Bonchev–Trinajstić information content (AvgIpc) is 3.39. The Kier molecular flexibility index (Phi) is 21.8. The van der Waals surface area contributed by atoms with E-state index in [0.29, 0.717) is 107 Å². The lowest BCUT2D eigenvalue weighted by Gasteiger charge is -2.40. The van der Waals surface area contributed by atoms with Gasteiger partial charge in [0, 0.05) is 37.7 Å². The van der Waals surface area contributed by atoms with Crippen molar-refractivity contribution in [3.05, 3.63) is 23.2 Å². The summed E-state index contributed by atoms with van der Waals surface area (Å²) in [5.41, 5.74) is 0.778. The Morgan fingerprint density at radius 3 is 1.63 bits per heavy atom. The number of likely N-dealkylation sites (N-methyl/N-ethyl adjacent to an activating group) is 1. The third kappa shape index (κ3) is 17.3. The quantitative estimate of drug-likeness (QED) is 0.0773. The third-order valence-corrected chi connectivity index (χ3v) is 9.59. The summed E-state index contributed by atoms with van der Waals surface area (Å²) in [6.45, 7) is 9.35. The van der Waals surface area contributed by atoms with Crippen LogP contribution in [0.3, 0.4) is 0 Å². The molecule has 0 unspecified atom stereocenters. The van der Waals surface area contributed by atoms with Crippen LogP contribution in [0.5, 0.6) is 5.75 Å². The Morgan fingerprint density at radius 1 is 0.654 bits per heavy atom. The number of benzene rings is 1. The van der Waals surface area contributed by atoms with Gasteiger partial charge >= 0.3 is 0 Å². The van der Waals surface area contributed by atoms with Crippen LogP contribution in [-0.4, -0.2) is 145 Å². The maximum Gasteiger partial charge on any atom is 0.233 e. The number of hydrogen-bond donors (Lipinski definition) is 3. The zero-order valence-electron chi connectivity index (χ0n) is 31.3. The zero-order chi connectivity index (χ0) is 36.0. The Bertz CT molecular complexity index is 1240. The number of quaternary nitrogens is 1. The van der Waals surface area contributed by atoms with Crippen molar-refractivity contribution < 1.29 is 50.0 Å². The zero-order valence-corrected chi connectivity index (χ0v) is 32.9. The summed E-state index contributed by atoms with van der Waals surface area (Å²) in [5.74, 6) is 2.25. The molecule has 52 heavy (non-hydrogen) atoms. The van der Waals surface area contributed by atoms with Crippen LogP contribution in [0.1, 0.15) is 51.4 Å². The van der Waals surface area contributed by atoms with Crippen LogP contribution in [0.15, 0.2) is 18.2 Å². The van der Waals surface area contributed by atoms with Gasteiger partial charge in [-0.2, -0.15) is 15.0 Å². The third-order valence-electron chi connectivity index (χ3n) is 9.30. The molecule has 1 saturated heterocycles. The van der Waals surface area contributed by atoms with Gasteiger partial charge in [-0.25, -0.2) is 0 Å². The molecule has 4 rings (SSSR count). The summed E-state index contributed by atoms with van der Waals surface area (Å²) in [4.78, 5) is 14.3. The van der Waals surface area contributed by atoms with Gasteiger partial charge in [0.15, 0.2) is 0 Å². The number of rotatable bonds is 25. The molecule has 1 aromatic heterocycles. The maximum absolute atomic E-state index is 6.39. The monoisotopic (exact) mass is 773 g/mol. The fourth-order valence-corrected chi connectivity index (χ4v) is 6.45. The Hall–Kier alpha value is -2.27. The smallest absolute Gasteiger partial charge is 0.233 e. The first-order valence-electron chi connectivity index (χ1n) is 18.6. The number of likely N-dealkylation sites (tertiary alicyclic amines) is 1. The highest BCUT2D eigenvalue weighted by atomic mass is 35.5. The number of nitrogens with one attached hydrogen (secondary N) is 3. The predicted molar refractivity (Wildman–Crippen MR) is 200 cm³/mol. The molecular formula is C36H61Cl2N7O7. The topological polar surface area (TPSA) is 139 Å². The number of methoxy groups -OCH3 is 2. The summed E-state index contributed by atoms with van der Waals surface area (Å²) >= 11 is 6.39. The van der Waals surface area contributed by atoms with E-state index in [4.69, 9.17) is 59.7 Å². The van der Waals surface area contributed by atoms with E-state index in [9.17, 15) is 0 Å². The van der Waals surface area contributed by atoms with Crippen molar-refractivity contribution in [3.8, 4) is 5.75 Å². The van der Waals surface area contributed by atoms with Gasteiger partial charge in [0.05, 0.1) is 105 Å². The molecule has 1 aliphatic carbocycles. The summed E-state index contributed by atoms with van der Waals surface area (Å²) < 4.78 is 39.1. The molecule has 2 aromatic rings. The molecule has 2 aliphatic rings. The van der Waals surface area contributed by atoms with Gasteiger partial charge in [-0.1, -0.05) is 37.3 Å². The Balaban J connectivity index is 0.00000729. The molecule has 2 heterocycles. The second-order valence-corrected chi connectivity index (χ2v) is 13.8. The highest BCUT2D eigenvalue weighted by Crippen LogP contribution is 2.29. The first kappa shape index (κ1) is 44.1. The minimum atomic E-state index is 0. The van der Waals surface area contributed by atoms with E-state index in [1.165, 1.54) is 25.7 Å². The van der Waals surface area contributed by atoms with Crippen LogP contribution in [0.25, 0.3) is 0 Å². The highest BCUT2D eigenvalue weighted by molar-refractivity contribution is 6.32. The van der Waals surface area contributed by atoms with E-state index >= 15 is 0 Å². The summed E-state index contributed by atoms with van der Waals surface area (Å²) in [6, 6.07) is 6.17.